The second-order valence-corrected chi connectivity index (χ2v) is 10.2. The molecule has 0 saturated carbocycles. The van der Waals surface area contributed by atoms with Gasteiger partial charge in [-0.3, -0.25) is 19.6 Å². The molecule has 0 aliphatic heterocycles. The lowest BCUT2D eigenvalue weighted by molar-refractivity contribution is -0.385. The first kappa shape index (κ1) is 24.7. The number of hydrogen-bond donors (Lipinski definition) is 1. The third-order valence-electron chi connectivity index (χ3n) is 5.49. The van der Waals surface area contributed by atoms with Crippen molar-refractivity contribution in [1.29, 1.82) is 0 Å². The van der Waals surface area contributed by atoms with Crippen LogP contribution in [-0.4, -0.2) is 35.2 Å². The molecule has 0 atom stereocenters. The Morgan fingerprint density at radius 3 is 2.59 bits per heavy atom. The number of nitro groups is 1. The number of aromatic nitrogens is 5. The number of nitro benzene ring substituents is 1. The number of nitrogens with zero attached hydrogens (tertiary/aromatic N) is 6. The van der Waals surface area contributed by atoms with Gasteiger partial charge in [0.2, 0.25) is 0 Å². The molecule has 37 heavy (non-hydrogen) atoms. The number of anilines is 1. The zero-order chi connectivity index (χ0) is 26.1. The summed E-state index contributed by atoms with van der Waals surface area (Å²) < 4.78 is 4.13. The van der Waals surface area contributed by atoms with Crippen LogP contribution in [0.4, 0.5) is 11.4 Å². The Kier molecular flexibility index (Phi) is 6.76. The number of non-ortho nitro benzene ring substituents is 1. The number of benzene rings is 2. The maximum atomic E-state index is 13.1. The van der Waals surface area contributed by atoms with Crippen molar-refractivity contribution in [2.45, 2.75) is 30.2 Å². The van der Waals surface area contributed by atoms with Crippen molar-refractivity contribution in [2.24, 2.45) is 0 Å². The van der Waals surface area contributed by atoms with Crippen molar-refractivity contribution >= 4 is 50.6 Å². The molecule has 0 bridgehead atoms. The van der Waals surface area contributed by atoms with Gasteiger partial charge in [-0.15, -0.1) is 0 Å². The van der Waals surface area contributed by atoms with Crippen LogP contribution in [0, 0.1) is 17.0 Å². The van der Waals surface area contributed by atoms with Crippen LogP contribution in [0.25, 0.3) is 17.0 Å². The summed E-state index contributed by atoms with van der Waals surface area (Å²) >= 11 is 4.91. The van der Waals surface area contributed by atoms with Crippen LogP contribution in [0.1, 0.15) is 23.0 Å². The van der Waals surface area contributed by atoms with E-state index in [1.807, 2.05) is 44.3 Å². The molecule has 0 saturated heterocycles. The average molecular weight is 578 g/mol. The van der Waals surface area contributed by atoms with Crippen LogP contribution < -0.4 is 5.32 Å². The highest BCUT2D eigenvalue weighted by molar-refractivity contribution is 9.10. The number of hydrogen-bond acceptors (Lipinski definition) is 7. The molecular weight excluding hydrogens is 558 g/mol. The third-order valence-corrected chi connectivity index (χ3v) is 7.05. The molecule has 0 aliphatic carbocycles. The van der Waals surface area contributed by atoms with E-state index >= 15 is 0 Å². The Hall–Kier alpha value is -4.03. The smallest absolute Gasteiger partial charge is 0.276 e. The van der Waals surface area contributed by atoms with E-state index in [1.54, 1.807) is 33.6 Å². The first-order chi connectivity index (χ1) is 17.8. The molecule has 1 amide bonds. The lowest BCUT2D eigenvalue weighted by atomic mass is 10.2. The lowest BCUT2D eigenvalue weighted by Gasteiger charge is -2.07. The third kappa shape index (κ3) is 5.25. The van der Waals surface area contributed by atoms with Crippen molar-refractivity contribution in [3.63, 3.8) is 0 Å². The van der Waals surface area contributed by atoms with E-state index in [0.717, 1.165) is 14.9 Å². The summed E-state index contributed by atoms with van der Waals surface area (Å²) in [6, 6.07) is 15.7. The average Bonchev–Trinajstić information content (AvgIpc) is 3.48. The van der Waals surface area contributed by atoms with Gasteiger partial charge in [-0.25, -0.2) is 9.50 Å². The van der Waals surface area contributed by atoms with Crippen molar-refractivity contribution < 1.29 is 9.72 Å². The molecular formula is C25H20BrN7O3S. The van der Waals surface area contributed by atoms with E-state index in [2.05, 4.69) is 36.4 Å². The van der Waals surface area contributed by atoms with Crippen LogP contribution in [0.5, 0.6) is 0 Å². The summed E-state index contributed by atoms with van der Waals surface area (Å²) in [5, 5.41) is 23.3. The maximum absolute atomic E-state index is 13.1. The Labute approximate surface area is 224 Å². The van der Waals surface area contributed by atoms with Crippen LogP contribution in [0.15, 0.2) is 81.3 Å². The van der Waals surface area contributed by atoms with Crippen molar-refractivity contribution in [2.75, 3.05) is 5.32 Å². The minimum absolute atomic E-state index is 0.116. The van der Waals surface area contributed by atoms with Gasteiger partial charge in [0.15, 0.2) is 11.3 Å². The molecule has 12 heteroatoms. The second-order valence-electron chi connectivity index (χ2n) is 8.15. The van der Waals surface area contributed by atoms with Gasteiger partial charge in [0, 0.05) is 52.6 Å². The van der Waals surface area contributed by atoms with Gasteiger partial charge in [0.1, 0.15) is 5.69 Å². The molecule has 0 fully saturated rings. The van der Waals surface area contributed by atoms with Crippen molar-refractivity contribution in [1.82, 2.24) is 24.4 Å². The van der Waals surface area contributed by atoms with E-state index < -0.39 is 10.8 Å². The molecule has 0 spiro atoms. The Balaban J connectivity index is 1.45. The molecule has 0 radical (unpaired) electrons. The quantitative estimate of drug-likeness (QED) is 0.186. The number of fused-ring (bicyclic) bond motifs is 1. The van der Waals surface area contributed by atoms with Gasteiger partial charge in [0.25, 0.3) is 11.6 Å². The van der Waals surface area contributed by atoms with Gasteiger partial charge in [-0.1, -0.05) is 29.5 Å². The van der Waals surface area contributed by atoms with Gasteiger partial charge >= 0.3 is 0 Å². The monoisotopic (exact) mass is 577 g/mol. The summed E-state index contributed by atoms with van der Waals surface area (Å²) in [5.74, 6) is -0.513. The zero-order valence-corrected chi connectivity index (χ0v) is 22.2. The summed E-state index contributed by atoms with van der Waals surface area (Å²) in [6.45, 7) is 4.68. The van der Waals surface area contributed by atoms with Crippen LogP contribution in [0.3, 0.4) is 0 Å². The molecule has 1 N–H and O–H groups in total. The molecule has 3 heterocycles. The summed E-state index contributed by atoms with van der Waals surface area (Å²) in [4.78, 5) is 30.1. The van der Waals surface area contributed by atoms with E-state index in [9.17, 15) is 14.9 Å². The van der Waals surface area contributed by atoms with E-state index in [0.29, 0.717) is 34.2 Å². The zero-order valence-electron chi connectivity index (χ0n) is 19.8. The summed E-state index contributed by atoms with van der Waals surface area (Å²) in [5.41, 5.74) is 3.20. The van der Waals surface area contributed by atoms with E-state index in [4.69, 9.17) is 0 Å². The molecule has 3 aromatic heterocycles. The topological polar surface area (TPSA) is 120 Å². The molecule has 0 unspecified atom stereocenters. The van der Waals surface area contributed by atoms with Crippen LogP contribution in [0.2, 0.25) is 0 Å². The highest BCUT2D eigenvalue weighted by Crippen LogP contribution is 2.33. The number of aryl methyl sites for hydroxylation is 2. The Morgan fingerprint density at radius 2 is 1.89 bits per heavy atom. The number of rotatable bonds is 7. The fourth-order valence-electron chi connectivity index (χ4n) is 3.68. The molecule has 186 valence electrons. The van der Waals surface area contributed by atoms with Gasteiger partial charge < -0.3 is 5.32 Å². The predicted octanol–water partition coefficient (Wildman–Crippen LogP) is 6.00. The Morgan fingerprint density at radius 1 is 1.11 bits per heavy atom. The largest absolute Gasteiger partial charge is 0.320 e. The van der Waals surface area contributed by atoms with Crippen LogP contribution >= 0.6 is 27.7 Å². The van der Waals surface area contributed by atoms with Gasteiger partial charge in [0.05, 0.1) is 15.1 Å². The predicted molar refractivity (Wildman–Crippen MR) is 144 cm³/mol. The number of amides is 1. The number of halogens is 1. The molecule has 0 aliphatic rings. The van der Waals surface area contributed by atoms with Crippen molar-refractivity contribution in [3.05, 3.63) is 92.8 Å². The normalized spacial score (nSPS) is 11.1. The highest BCUT2D eigenvalue weighted by Gasteiger charge is 2.19. The first-order valence-electron chi connectivity index (χ1n) is 11.2. The van der Waals surface area contributed by atoms with E-state index in [1.165, 1.54) is 23.9 Å². The fraction of sp³-hybridized carbons (Fsp3) is 0.120. The molecule has 5 rings (SSSR count). The summed E-state index contributed by atoms with van der Waals surface area (Å²) in [6.07, 6.45) is 3.49. The maximum Gasteiger partial charge on any atom is 0.276 e. The number of nitrogens with one attached hydrogen (secondary N) is 1. The highest BCUT2D eigenvalue weighted by atomic mass is 79.9. The number of carbonyl (C=O) groups is 1. The second kappa shape index (κ2) is 10.1. The first-order valence-corrected chi connectivity index (χ1v) is 12.8. The van der Waals surface area contributed by atoms with Crippen molar-refractivity contribution in [3.8, 4) is 11.4 Å². The van der Waals surface area contributed by atoms with Gasteiger partial charge in [-0.2, -0.15) is 10.2 Å². The minimum atomic E-state index is -0.513. The standard InChI is InChI=1S/C25H20BrN7O3S/c1-3-31-14-20(26)24(30-31)22-8-9-27-23-13-21(29-32(22)23)25(34)28-16-10-17(33(35)36)12-19(11-16)37-18-6-4-15(2)5-7-18/h4-14H,3H2,1-2H3,(H,28,34). The molecule has 5 aromatic rings. The fourth-order valence-corrected chi connectivity index (χ4v) is 5.10. The number of carbonyl (C=O) groups excluding carboxylic acids is 1. The SMILES string of the molecule is CCn1cc(Br)c(-c2ccnc3cc(C(=O)Nc4cc(Sc5ccc(C)cc5)cc([N+](=O)[O-])c4)nn23)n1. The molecule has 10 nitrogen and oxygen atoms in total. The molecule has 2 aromatic carbocycles. The summed E-state index contributed by atoms with van der Waals surface area (Å²) in [7, 11) is 0. The van der Waals surface area contributed by atoms with Crippen LogP contribution in [-0.2, 0) is 6.54 Å². The lowest BCUT2D eigenvalue weighted by Crippen LogP contribution is -2.13. The van der Waals surface area contributed by atoms with E-state index in [-0.39, 0.29) is 11.4 Å². The van der Waals surface area contributed by atoms with Gasteiger partial charge in [-0.05, 0) is 54.0 Å². The Bertz CT molecular complexity index is 1650. The minimum Gasteiger partial charge on any atom is -0.320 e.